The molecule has 0 amide bonds. The number of hydrogen-bond acceptors (Lipinski definition) is 4. The van der Waals surface area contributed by atoms with Crippen molar-refractivity contribution in [1.82, 2.24) is 0 Å². The number of benzene rings is 1. The quantitative estimate of drug-likeness (QED) is 0.770. The van der Waals surface area contributed by atoms with Gasteiger partial charge in [-0.05, 0) is 11.0 Å². The van der Waals surface area contributed by atoms with Gasteiger partial charge in [0.15, 0.2) is 4.75 Å². The van der Waals surface area contributed by atoms with Crippen LogP contribution in [0.1, 0.15) is 5.56 Å². The van der Waals surface area contributed by atoms with Gasteiger partial charge in [0.1, 0.15) is 0 Å². The van der Waals surface area contributed by atoms with E-state index < -0.39 is 4.75 Å². The van der Waals surface area contributed by atoms with Gasteiger partial charge in [0.25, 0.3) is 0 Å². The molecule has 1 aromatic carbocycles. The molecule has 1 heterocycles. The molecule has 0 aromatic heterocycles. The lowest BCUT2D eigenvalue weighted by Crippen LogP contribution is -2.40. The van der Waals surface area contributed by atoms with E-state index in [9.17, 15) is 4.79 Å². The summed E-state index contributed by atoms with van der Waals surface area (Å²) < 4.78 is 4.15. The van der Waals surface area contributed by atoms with Crippen LogP contribution in [0.3, 0.4) is 0 Å². The zero-order chi connectivity index (χ0) is 12.1. The first kappa shape index (κ1) is 11.9. The fourth-order valence-corrected chi connectivity index (χ4v) is 2.64. The molecule has 3 nitrogen and oxygen atoms in total. The van der Waals surface area contributed by atoms with Crippen LogP contribution in [0.2, 0.25) is 0 Å². The van der Waals surface area contributed by atoms with Gasteiger partial charge in [-0.1, -0.05) is 30.3 Å². The lowest BCUT2D eigenvalue weighted by molar-refractivity contribution is -0.141. The summed E-state index contributed by atoms with van der Waals surface area (Å²) >= 11 is 1.43. The van der Waals surface area contributed by atoms with Crippen molar-refractivity contribution in [2.45, 2.75) is 11.2 Å². The van der Waals surface area contributed by atoms with E-state index >= 15 is 0 Å². The van der Waals surface area contributed by atoms with Gasteiger partial charge in [-0.3, -0.25) is 9.79 Å². The third-order valence-electron chi connectivity index (χ3n) is 2.55. The van der Waals surface area contributed by atoms with Crippen molar-refractivity contribution in [3.63, 3.8) is 0 Å². The van der Waals surface area contributed by atoms with Gasteiger partial charge in [-0.25, -0.2) is 0 Å². The summed E-state index contributed by atoms with van der Waals surface area (Å²) in [6.45, 7) is 0. The molecule has 0 fully saturated rings. The lowest BCUT2D eigenvalue weighted by atomic mass is 9.99. The molecule has 1 aromatic rings. The average molecular weight is 247 g/mol. The number of aliphatic imine (C=N–C) groups is 1. The molecule has 17 heavy (non-hydrogen) atoms. The molecule has 2 rings (SSSR count). The summed E-state index contributed by atoms with van der Waals surface area (Å²) in [6, 6.07) is 9.87. The van der Waals surface area contributed by atoms with Crippen molar-refractivity contribution >= 4 is 23.9 Å². The van der Waals surface area contributed by atoms with Gasteiger partial charge in [0.05, 0.1) is 7.11 Å². The maximum atomic E-state index is 11.9. The van der Waals surface area contributed by atoms with Crippen LogP contribution in [-0.2, 0) is 16.0 Å². The minimum absolute atomic E-state index is 0.264. The predicted molar refractivity (Wildman–Crippen MR) is 70.1 cm³/mol. The number of carbonyl (C=O) groups excluding carboxylic acids is 1. The normalized spacial score (nSPS) is 22.4. The van der Waals surface area contributed by atoms with Gasteiger partial charge in [0.2, 0.25) is 0 Å². The summed E-state index contributed by atoms with van der Waals surface area (Å²) in [7, 11) is 1.40. The van der Waals surface area contributed by atoms with Crippen LogP contribution < -0.4 is 0 Å². The maximum absolute atomic E-state index is 11.9. The van der Waals surface area contributed by atoms with Crippen LogP contribution in [0.15, 0.2) is 46.9 Å². The number of rotatable bonds is 3. The van der Waals surface area contributed by atoms with Gasteiger partial charge in [0, 0.05) is 18.8 Å². The number of ether oxygens (including phenoxy) is 1. The van der Waals surface area contributed by atoms with E-state index in [2.05, 4.69) is 4.99 Å². The Morgan fingerprint density at radius 3 is 2.76 bits per heavy atom. The monoisotopic (exact) mass is 247 g/mol. The van der Waals surface area contributed by atoms with E-state index in [0.717, 1.165) is 5.56 Å². The molecule has 1 aliphatic rings. The summed E-state index contributed by atoms with van der Waals surface area (Å²) in [5.74, 6) is -0.264. The number of thioether (sulfide) groups is 1. The Kier molecular flexibility index (Phi) is 3.64. The van der Waals surface area contributed by atoms with Gasteiger partial charge < -0.3 is 4.74 Å². The van der Waals surface area contributed by atoms with Crippen molar-refractivity contribution in [1.29, 1.82) is 0 Å². The first-order valence-electron chi connectivity index (χ1n) is 5.26. The third kappa shape index (κ3) is 2.58. The summed E-state index contributed by atoms with van der Waals surface area (Å²) in [4.78, 5) is 16.0. The van der Waals surface area contributed by atoms with Crippen molar-refractivity contribution in [3.8, 4) is 0 Å². The molecule has 1 aliphatic heterocycles. The number of esters is 1. The van der Waals surface area contributed by atoms with Crippen molar-refractivity contribution < 1.29 is 9.53 Å². The second kappa shape index (κ2) is 5.19. The first-order chi connectivity index (χ1) is 8.27. The zero-order valence-corrected chi connectivity index (χ0v) is 10.3. The third-order valence-corrected chi connectivity index (χ3v) is 3.64. The maximum Gasteiger partial charge on any atom is 0.328 e. The Bertz CT molecular complexity index is 456. The van der Waals surface area contributed by atoms with E-state index in [0.29, 0.717) is 6.42 Å². The van der Waals surface area contributed by atoms with E-state index in [4.69, 9.17) is 4.74 Å². The second-order valence-corrected chi connectivity index (χ2v) is 4.96. The standard InChI is InChI=1S/C13H13NO2S/c1-16-12(15)13(10-14-7-8-17-13)9-11-5-3-2-4-6-11/h2-8,10H,9H2,1H3. The number of methoxy groups -OCH3 is 1. The molecule has 0 saturated heterocycles. The summed E-state index contributed by atoms with van der Waals surface area (Å²) in [5.41, 5.74) is 1.09. The van der Waals surface area contributed by atoms with Crippen LogP contribution in [0.4, 0.5) is 0 Å². The molecule has 0 bridgehead atoms. The average Bonchev–Trinajstić information content (AvgIpc) is 2.40. The van der Waals surface area contributed by atoms with Gasteiger partial charge in [-0.15, -0.1) is 11.8 Å². The van der Waals surface area contributed by atoms with Crippen LogP contribution >= 0.6 is 11.8 Å². The van der Waals surface area contributed by atoms with Crippen LogP contribution in [0, 0.1) is 0 Å². The van der Waals surface area contributed by atoms with E-state index in [1.165, 1.54) is 18.9 Å². The van der Waals surface area contributed by atoms with Crippen molar-refractivity contribution in [2.24, 2.45) is 4.99 Å². The highest BCUT2D eigenvalue weighted by atomic mass is 32.2. The molecule has 88 valence electrons. The van der Waals surface area contributed by atoms with E-state index in [-0.39, 0.29) is 5.97 Å². The molecule has 0 radical (unpaired) electrons. The molecule has 0 spiro atoms. The predicted octanol–water partition coefficient (Wildman–Crippen LogP) is 2.43. The first-order valence-corrected chi connectivity index (χ1v) is 6.14. The highest BCUT2D eigenvalue weighted by molar-refractivity contribution is 8.04. The molecule has 0 N–H and O–H groups in total. The Labute approximate surface area is 105 Å². The molecule has 0 saturated carbocycles. The topological polar surface area (TPSA) is 38.7 Å². The highest BCUT2D eigenvalue weighted by Crippen LogP contribution is 2.32. The SMILES string of the molecule is COC(=O)C1(Cc2ccccc2)C=NC=CS1. The Morgan fingerprint density at radius 1 is 1.41 bits per heavy atom. The van der Waals surface area contributed by atoms with Crippen LogP contribution in [-0.4, -0.2) is 24.0 Å². The van der Waals surface area contributed by atoms with Gasteiger partial charge in [-0.2, -0.15) is 0 Å². The molecular weight excluding hydrogens is 234 g/mol. The summed E-state index contributed by atoms with van der Waals surface area (Å²) in [6.07, 6.45) is 3.92. The van der Waals surface area contributed by atoms with Crippen molar-refractivity contribution in [3.05, 3.63) is 47.5 Å². The highest BCUT2D eigenvalue weighted by Gasteiger charge is 2.39. The lowest BCUT2D eigenvalue weighted by Gasteiger charge is -2.26. The Morgan fingerprint density at radius 2 is 2.18 bits per heavy atom. The van der Waals surface area contributed by atoms with E-state index in [1.54, 1.807) is 12.4 Å². The second-order valence-electron chi connectivity index (χ2n) is 3.72. The molecular formula is C13H13NO2S. The van der Waals surface area contributed by atoms with Crippen molar-refractivity contribution in [2.75, 3.05) is 7.11 Å². The number of hydrogen-bond donors (Lipinski definition) is 0. The fourth-order valence-electron chi connectivity index (χ4n) is 1.71. The molecule has 0 aliphatic carbocycles. The zero-order valence-electron chi connectivity index (χ0n) is 9.50. The number of nitrogens with zero attached hydrogens (tertiary/aromatic N) is 1. The summed E-state index contributed by atoms with van der Waals surface area (Å²) in [5, 5.41) is 1.82. The fraction of sp³-hybridized carbons (Fsp3) is 0.231. The minimum atomic E-state index is -0.731. The molecule has 4 heteroatoms. The van der Waals surface area contributed by atoms with Gasteiger partial charge >= 0.3 is 5.97 Å². The molecule has 1 unspecified atom stereocenters. The minimum Gasteiger partial charge on any atom is -0.468 e. The van der Waals surface area contributed by atoms with Crippen LogP contribution in [0.25, 0.3) is 0 Å². The molecule has 1 atom stereocenters. The largest absolute Gasteiger partial charge is 0.468 e. The van der Waals surface area contributed by atoms with E-state index in [1.807, 2.05) is 35.7 Å². The Balaban J connectivity index is 2.26. The Hall–Kier alpha value is -1.55. The smallest absolute Gasteiger partial charge is 0.328 e. The number of carbonyl (C=O) groups is 1. The van der Waals surface area contributed by atoms with Crippen LogP contribution in [0.5, 0.6) is 0 Å².